The third-order valence-electron chi connectivity index (χ3n) is 2.54. The summed E-state index contributed by atoms with van der Waals surface area (Å²) >= 11 is 3.42. The number of hydrogen-bond donors (Lipinski definition) is 1. The maximum atomic E-state index is 5.83. The van der Waals surface area contributed by atoms with Crippen molar-refractivity contribution in [3.63, 3.8) is 0 Å². The molecule has 0 fully saturated rings. The molecule has 2 nitrogen and oxygen atoms in total. The molecule has 0 saturated carbocycles. The van der Waals surface area contributed by atoms with E-state index in [2.05, 4.69) is 55.9 Å². The zero-order valence-electron chi connectivity index (χ0n) is 12.0. The summed E-state index contributed by atoms with van der Waals surface area (Å²) < 4.78 is 6.90. The molecule has 3 heteroatoms. The van der Waals surface area contributed by atoms with Gasteiger partial charge in [0.05, 0.1) is 6.61 Å². The predicted molar refractivity (Wildman–Crippen MR) is 81.2 cm³/mol. The molecule has 0 saturated heterocycles. The molecule has 0 aliphatic heterocycles. The standard InChI is InChI=1S/C15H24BrNO/c1-14(2,3)17-10-15(4,5)11-18-13-8-6-12(16)7-9-13/h6-9,17H,10-11H2,1-5H3. The van der Waals surface area contributed by atoms with Crippen molar-refractivity contribution in [2.45, 2.75) is 40.2 Å². The van der Waals surface area contributed by atoms with E-state index in [1.165, 1.54) is 0 Å². The molecule has 0 aliphatic rings. The summed E-state index contributed by atoms with van der Waals surface area (Å²) in [4.78, 5) is 0. The highest BCUT2D eigenvalue weighted by Gasteiger charge is 2.21. The summed E-state index contributed by atoms with van der Waals surface area (Å²) in [7, 11) is 0. The van der Waals surface area contributed by atoms with Crippen molar-refractivity contribution < 1.29 is 4.74 Å². The molecule has 0 aromatic heterocycles. The third-order valence-corrected chi connectivity index (χ3v) is 3.07. The second-order valence-electron chi connectivity index (χ2n) is 6.51. The van der Waals surface area contributed by atoms with E-state index in [0.717, 1.165) is 16.8 Å². The Hall–Kier alpha value is -0.540. The Morgan fingerprint density at radius 3 is 2.11 bits per heavy atom. The van der Waals surface area contributed by atoms with E-state index in [-0.39, 0.29) is 11.0 Å². The summed E-state index contributed by atoms with van der Waals surface area (Å²) in [5, 5.41) is 3.52. The summed E-state index contributed by atoms with van der Waals surface area (Å²) in [5.74, 6) is 0.919. The van der Waals surface area contributed by atoms with Gasteiger partial charge in [-0.05, 0) is 45.0 Å². The minimum atomic E-state index is 0.111. The zero-order valence-corrected chi connectivity index (χ0v) is 13.6. The average molecular weight is 314 g/mol. The van der Waals surface area contributed by atoms with Gasteiger partial charge in [-0.3, -0.25) is 0 Å². The number of hydrogen-bond acceptors (Lipinski definition) is 2. The molecule has 0 spiro atoms. The molecule has 0 aliphatic carbocycles. The summed E-state index contributed by atoms with van der Waals surface area (Å²) in [6.07, 6.45) is 0. The minimum absolute atomic E-state index is 0.111. The molecule has 1 rings (SSSR count). The fraction of sp³-hybridized carbons (Fsp3) is 0.600. The highest BCUT2D eigenvalue weighted by atomic mass is 79.9. The molecule has 1 aromatic carbocycles. The molecule has 1 N–H and O–H groups in total. The van der Waals surface area contributed by atoms with Crippen LogP contribution in [0, 0.1) is 5.41 Å². The third kappa shape index (κ3) is 6.41. The predicted octanol–water partition coefficient (Wildman–Crippen LogP) is 4.24. The molecule has 18 heavy (non-hydrogen) atoms. The smallest absolute Gasteiger partial charge is 0.119 e. The average Bonchev–Trinajstić information content (AvgIpc) is 2.25. The monoisotopic (exact) mass is 313 g/mol. The lowest BCUT2D eigenvalue weighted by Crippen LogP contribution is -2.43. The van der Waals surface area contributed by atoms with Crippen LogP contribution in [0.3, 0.4) is 0 Å². The first-order chi connectivity index (χ1) is 8.18. The molecule has 102 valence electrons. The van der Waals surface area contributed by atoms with Crippen LogP contribution in [0.4, 0.5) is 0 Å². The molecule has 0 unspecified atom stereocenters. The van der Waals surface area contributed by atoms with Gasteiger partial charge < -0.3 is 10.1 Å². The van der Waals surface area contributed by atoms with Crippen LogP contribution >= 0.6 is 15.9 Å². The molecule has 0 atom stereocenters. The number of ether oxygens (including phenoxy) is 1. The number of benzene rings is 1. The van der Waals surface area contributed by atoms with Crippen LogP contribution in [0.2, 0.25) is 0 Å². The normalized spacial score (nSPS) is 12.6. The van der Waals surface area contributed by atoms with E-state index in [1.54, 1.807) is 0 Å². The Morgan fingerprint density at radius 2 is 1.61 bits per heavy atom. The van der Waals surface area contributed by atoms with Crippen LogP contribution in [0.1, 0.15) is 34.6 Å². The fourth-order valence-electron chi connectivity index (χ4n) is 1.36. The van der Waals surface area contributed by atoms with Gasteiger partial charge in [0.15, 0.2) is 0 Å². The van der Waals surface area contributed by atoms with E-state index in [0.29, 0.717) is 6.61 Å². The first-order valence-corrected chi connectivity index (χ1v) is 7.11. The maximum absolute atomic E-state index is 5.83. The van der Waals surface area contributed by atoms with Crippen molar-refractivity contribution in [2.75, 3.05) is 13.2 Å². The Kier molecular flexibility index (Phi) is 5.23. The highest BCUT2D eigenvalue weighted by molar-refractivity contribution is 9.10. The quantitative estimate of drug-likeness (QED) is 0.877. The Bertz CT molecular complexity index is 365. The first-order valence-electron chi connectivity index (χ1n) is 6.31. The lowest BCUT2D eigenvalue weighted by atomic mass is 9.93. The molecule has 1 aromatic rings. The van der Waals surface area contributed by atoms with E-state index >= 15 is 0 Å². The second kappa shape index (κ2) is 6.07. The van der Waals surface area contributed by atoms with Crippen molar-refractivity contribution >= 4 is 15.9 Å². The second-order valence-corrected chi connectivity index (χ2v) is 7.43. The summed E-state index contributed by atoms with van der Waals surface area (Å²) in [6, 6.07) is 7.96. The van der Waals surface area contributed by atoms with E-state index in [1.807, 2.05) is 24.3 Å². The maximum Gasteiger partial charge on any atom is 0.119 e. The van der Waals surface area contributed by atoms with E-state index in [9.17, 15) is 0 Å². The van der Waals surface area contributed by atoms with Gasteiger partial charge in [-0.15, -0.1) is 0 Å². The Morgan fingerprint density at radius 1 is 1.06 bits per heavy atom. The van der Waals surface area contributed by atoms with Gasteiger partial charge in [-0.1, -0.05) is 29.8 Å². The Labute approximate surface area is 119 Å². The van der Waals surface area contributed by atoms with Crippen LogP contribution in [-0.4, -0.2) is 18.7 Å². The largest absolute Gasteiger partial charge is 0.493 e. The van der Waals surface area contributed by atoms with E-state index < -0.39 is 0 Å². The molecule has 0 heterocycles. The lowest BCUT2D eigenvalue weighted by Gasteiger charge is -2.30. The van der Waals surface area contributed by atoms with Crippen LogP contribution < -0.4 is 10.1 Å². The van der Waals surface area contributed by atoms with Crippen LogP contribution in [0.15, 0.2) is 28.7 Å². The Balaban J connectivity index is 2.43. The number of halogens is 1. The van der Waals surface area contributed by atoms with Crippen molar-refractivity contribution in [3.8, 4) is 5.75 Å². The van der Waals surface area contributed by atoms with Crippen molar-refractivity contribution in [3.05, 3.63) is 28.7 Å². The molecule has 0 radical (unpaired) electrons. The minimum Gasteiger partial charge on any atom is -0.493 e. The van der Waals surface area contributed by atoms with E-state index in [4.69, 9.17) is 4.74 Å². The van der Waals surface area contributed by atoms with Gasteiger partial charge in [0.25, 0.3) is 0 Å². The zero-order chi connectivity index (χ0) is 13.8. The van der Waals surface area contributed by atoms with Gasteiger partial charge in [-0.2, -0.15) is 0 Å². The molecule has 0 bridgehead atoms. The fourth-order valence-corrected chi connectivity index (χ4v) is 1.63. The van der Waals surface area contributed by atoms with Crippen molar-refractivity contribution in [1.82, 2.24) is 5.32 Å². The van der Waals surface area contributed by atoms with Gasteiger partial charge >= 0.3 is 0 Å². The molecular weight excluding hydrogens is 290 g/mol. The van der Waals surface area contributed by atoms with Crippen molar-refractivity contribution in [1.29, 1.82) is 0 Å². The lowest BCUT2D eigenvalue weighted by molar-refractivity contribution is 0.166. The van der Waals surface area contributed by atoms with Gasteiger partial charge in [0.1, 0.15) is 5.75 Å². The van der Waals surface area contributed by atoms with Gasteiger partial charge in [-0.25, -0.2) is 0 Å². The SMILES string of the molecule is CC(C)(CNC(C)(C)C)COc1ccc(Br)cc1. The number of nitrogens with one attached hydrogen (secondary N) is 1. The van der Waals surface area contributed by atoms with Gasteiger partial charge in [0, 0.05) is 22.0 Å². The van der Waals surface area contributed by atoms with Crippen LogP contribution in [0.25, 0.3) is 0 Å². The first kappa shape index (κ1) is 15.5. The number of rotatable bonds is 5. The highest BCUT2D eigenvalue weighted by Crippen LogP contribution is 2.20. The topological polar surface area (TPSA) is 21.3 Å². The van der Waals surface area contributed by atoms with Crippen LogP contribution in [0.5, 0.6) is 5.75 Å². The molecular formula is C15H24BrNO. The molecule has 0 amide bonds. The summed E-state index contributed by atoms with van der Waals surface area (Å²) in [5.41, 5.74) is 0.259. The van der Waals surface area contributed by atoms with Crippen molar-refractivity contribution in [2.24, 2.45) is 5.41 Å². The summed E-state index contributed by atoms with van der Waals surface area (Å²) in [6.45, 7) is 12.6. The van der Waals surface area contributed by atoms with Crippen LogP contribution in [-0.2, 0) is 0 Å². The van der Waals surface area contributed by atoms with Gasteiger partial charge in [0.2, 0.25) is 0 Å².